The lowest BCUT2D eigenvalue weighted by Gasteiger charge is -2.15. The van der Waals surface area contributed by atoms with E-state index in [1.165, 1.54) is 5.56 Å². The molecule has 0 unspecified atom stereocenters. The average molecular weight is 316 g/mol. The second-order valence-electron chi connectivity index (χ2n) is 5.05. The topological polar surface area (TPSA) is 42.4 Å². The molecule has 1 aromatic heterocycles. The number of thiazole rings is 1. The standard InChI is InChI=1S/C17H20N2O2S/c1-13-4-7-16(8-5-13)21-11-10-19(3)17(20)9-6-15-12-22-14(2)18-15/h4-9,12H,10-11H2,1-3H3/b9-6+. The van der Waals surface area contributed by atoms with Gasteiger partial charge in [-0.1, -0.05) is 17.7 Å². The van der Waals surface area contributed by atoms with Gasteiger partial charge in [0, 0.05) is 18.5 Å². The van der Waals surface area contributed by atoms with Crippen molar-refractivity contribution in [3.8, 4) is 5.75 Å². The van der Waals surface area contributed by atoms with Gasteiger partial charge in [-0.2, -0.15) is 0 Å². The summed E-state index contributed by atoms with van der Waals surface area (Å²) in [5, 5.41) is 2.92. The number of nitrogens with zero attached hydrogens (tertiary/aromatic N) is 2. The first-order valence-electron chi connectivity index (χ1n) is 7.09. The lowest BCUT2D eigenvalue weighted by Crippen LogP contribution is -2.29. The van der Waals surface area contributed by atoms with Gasteiger partial charge in [-0.25, -0.2) is 4.98 Å². The molecule has 0 aliphatic carbocycles. The van der Waals surface area contributed by atoms with Crippen molar-refractivity contribution in [2.24, 2.45) is 0 Å². The van der Waals surface area contributed by atoms with E-state index >= 15 is 0 Å². The van der Waals surface area contributed by atoms with Crippen molar-refractivity contribution in [1.29, 1.82) is 0 Å². The van der Waals surface area contributed by atoms with Gasteiger partial charge in [0.2, 0.25) is 5.91 Å². The molecular weight excluding hydrogens is 296 g/mol. The normalized spacial score (nSPS) is 10.9. The number of hydrogen-bond acceptors (Lipinski definition) is 4. The molecule has 0 aliphatic rings. The zero-order valence-electron chi connectivity index (χ0n) is 13.1. The highest BCUT2D eigenvalue weighted by Crippen LogP contribution is 2.11. The number of likely N-dealkylation sites (N-methyl/N-ethyl adjacent to an activating group) is 1. The summed E-state index contributed by atoms with van der Waals surface area (Å²) < 4.78 is 5.62. The molecule has 1 amide bonds. The third kappa shape index (κ3) is 5.00. The van der Waals surface area contributed by atoms with Gasteiger partial charge in [-0.05, 0) is 32.1 Å². The fourth-order valence-electron chi connectivity index (χ4n) is 1.79. The zero-order chi connectivity index (χ0) is 15.9. The van der Waals surface area contributed by atoms with Gasteiger partial charge < -0.3 is 9.64 Å². The highest BCUT2D eigenvalue weighted by atomic mass is 32.1. The maximum Gasteiger partial charge on any atom is 0.246 e. The number of carbonyl (C=O) groups excluding carboxylic acids is 1. The second kappa shape index (κ2) is 7.75. The lowest BCUT2D eigenvalue weighted by molar-refractivity contribution is -0.125. The summed E-state index contributed by atoms with van der Waals surface area (Å²) in [6, 6.07) is 7.87. The van der Waals surface area contributed by atoms with Crippen LogP contribution in [0, 0.1) is 13.8 Å². The highest BCUT2D eigenvalue weighted by Gasteiger charge is 2.05. The van der Waals surface area contributed by atoms with Crippen LogP contribution in [0.5, 0.6) is 5.75 Å². The zero-order valence-corrected chi connectivity index (χ0v) is 13.9. The van der Waals surface area contributed by atoms with Gasteiger partial charge in [-0.3, -0.25) is 4.79 Å². The summed E-state index contributed by atoms with van der Waals surface area (Å²) in [5.41, 5.74) is 2.02. The molecule has 2 aromatic rings. The van der Waals surface area contributed by atoms with Crippen LogP contribution in [-0.4, -0.2) is 36.0 Å². The molecule has 0 fully saturated rings. The molecular formula is C17H20N2O2S. The predicted octanol–water partition coefficient (Wildman–Crippen LogP) is 3.31. The van der Waals surface area contributed by atoms with E-state index < -0.39 is 0 Å². The minimum absolute atomic E-state index is 0.0573. The second-order valence-corrected chi connectivity index (χ2v) is 6.11. The third-order valence-electron chi connectivity index (χ3n) is 3.13. The fourth-order valence-corrected chi connectivity index (χ4v) is 2.37. The number of aryl methyl sites for hydroxylation is 2. The molecule has 22 heavy (non-hydrogen) atoms. The summed E-state index contributed by atoms with van der Waals surface area (Å²) in [6.07, 6.45) is 3.28. The molecule has 1 aromatic carbocycles. The molecule has 0 radical (unpaired) electrons. The van der Waals surface area contributed by atoms with Crippen LogP contribution in [0.15, 0.2) is 35.7 Å². The van der Waals surface area contributed by atoms with Crippen molar-refractivity contribution in [2.45, 2.75) is 13.8 Å². The van der Waals surface area contributed by atoms with E-state index in [2.05, 4.69) is 4.98 Å². The van der Waals surface area contributed by atoms with Crippen LogP contribution < -0.4 is 4.74 Å². The Morgan fingerprint density at radius 3 is 2.68 bits per heavy atom. The minimum Gasteiger partial charge on any atom is -0.492 e. The fraction of sp³-hybridized carbons (Fsp3) is 0.294. The van der Waals surface area contributed by atoms with Crippen molar-refractivity contribution in [3.63, 3.8) is 0 Å². The predicted molar refractivity (Wildman–Crippen MR) is 90.2 cm³/mol. The average Bonchev–Trinajstić information content (AvgIpc) is 2.92. The Balaban J connectivity index is 1.76. The van der Waals surface area contributed by atoms with Crippen LogP contribution in [0.2, 0.25) is 0 Å². The lowest BCUT2D eigenvalue weighted by atomic mass is 10.2. The quantitative estimate of drug-likeness (QED) is 0.768. The number of hydrogen-bond donors (Lipinski definition) is 0. The Labute approximate surface area is 135 Å². The molecule has 0 aliphatic heterocycles. The molecule has 0 atom stereocenters. The van der Waals surface area contributed by atoms with E-state index in [-0.39, 0.29) is 5.91 Å². The van der Waals surface area contributed by atoms with Crippen molar-refractivity contribution in [3.05, 3.63) is 52.0 Å². The minimum atomic E-state index is -0.0573. The molecule has 1 heterocycles. The molecule has 116 valence electrons. The maximum atomic E-state index is 12.0. The smallest absolute Gasteiger partial charge is 0.246 e. The van der Waals surface area contributed by atoms with E-state index in [1.54, 1.807) is 35.4 Å². The van der Waals surface area contributed by atoms with Crippen molar-refractivity contribution >= 4 is 23.3 Å². The Bertz CT molecular complexity index is 647. The van der Waals surface area contributed by atoms with Gasteiger partial charge in [0.25, 0.3) is 0 Å². The van der Waals surface area contributed by atoms with E-state index in [0.29, 0.717) is 13.2 Å². The van der Waals surface area contributed by atoms with Crippen LogP contribution >= 0.6 is 11.3 Å². The summed E-state index contributed by atoms with van der Waals surface area (Å²) in [4.78, 5) is 17.9. The van der Waals surface area contributed by atoms with Crippen LogP contribution in [0.25, 0.3) is 6.08 Å². The van der Waals surface area contributed by atoms with E-state index in [1.807, 2.05) is 43.5 Å². The third-order valence-corrected chi connectivity index (χ3v) is 3.92. The first kappa shape index (κ1) is 16.2. The Morgan fingerprint density at radius 2 is 2.05 bits per heavy atom. The van der Waals surface area contributed by atoms with Gasteiger partial charge >= 0.3 is 0 Å². The van der Waals surface area contributed by atoms with Gasteiger partial charge in [0.1, 0.15) is 12.4 Å². The molecule has 0 N–H and O–H groups in total. The van der Waals surface area contributed by atoms with Crippen LogP contribution in [0.3, 0.4) is 0 Å². The first-order chi connectivity index (χ1) is 10.5. The van der Waals surface area contributed by atoms with E-state index in [4.69, 9.17) is 4.74 Å². The molecule has 0 spiro atoms. The summed E-state index contributed by atoms with van der Waals surface area (Å²) in [5.74, 6) is 0.762. The van der Waals surface area contributed by atoms with E-state index in [0.717, 1.165) is 16.5 Å². The van der Waals surface area contributed by atoms with Crippen molar-refractivity contribution in [2.75, 3.05) is 20.2 Å². The molecule has 5 heteroatoms. The number of ether oxygens (including phenoxy) is 1. The van der Waals surface area contributed by atoms with Crippen molar-refractivity contribution in [1.82, 2.24) is 9.88 Å². The maximum absolute atomic E-state index is 12.0. The molecule has 2 rings (SSSR count). The Morgan fingerprint density at radius 1 is 1.32 bits per heavy atom. The molecule has 0 bridgehead atoms. The monoisotopic (exact) mass is 316 g/mol. The number of carbonyl (C=O) groups is 1. The summed E-state index contributed by atoms with van der Waals surface area (Å²) >= 11 is 1.57. The SMILES string of the molecule is Cc1ccc(OCCN(C)C(=O)/C=C/c2csc(C)n2)cc1. The number of rotatable bonds is 6. The number of amides is 1. The highest BCUT2D eigenvalue weighted by molar-refractivity contribution is 7.09. The first-order valence-corrected chi connectivity index (χ1v) is 7.97. The van der Waals surface area contributed by atoms with Gasteiger partial charge in [-0.15, -0.1) is 11.3 Å². The Hall–Kier alpha value is -2.14. The van der Waals surface area contributed by atoms with Crippen LogP contribution in [0.4, 0.5) is 0 Å². The van der Waals surface area contributed by atoms with Gasteiger partial charge in [0.05, 0.1) is 17.2 Å². The Kier molecular flexibility index (Phi) is 5.72. The molecule has 0 saturated heterocycles. The van der Waals surface area contributed by atoms with E-state index in [9.17, 15) is 4.79 Å². The summed E-state index contributed by atoms with van der Waals surface area (Å²) in [6.45, 7) is 4.98. The van der Waals surface area contributed by atoms with Gasteiger partial charge in [0.15, 0.2) is 0 Å². The number of aromatic nitrogens is 1. The summed E-state index contributed by atoms with van der Waals surface area (Å²) in [7, 11) is 1.76. The molecule has 0 saturated carbocycles. The number of benzene rings is 1. The van der Waals surface area contributed by atoms with Crippen molar-refractivity contribution < 1.29 is 9.53 Å². The molecule has 4 nitrogen and oxygen atoms in total. The van der Waals surface area contributed by atoms with Crippen LogP contribution in [0.1, 0.15) is 16.3 Å². The largest absolute Gasteiger partial charge is 0.492 e. The van der Waals surface area contributed by atoms with Crippen LogP contribution in [-0.2, 0) is 4.79 Å².